The fourth-order valence-electron chi connectivity index (χ4n) is 2.53. The minimum Gasteiger partial charge on any atom is -0.366 e. The standard InChI is InChI=1S/C14H22O2/c1-13(2)8-4-9-14(3)12(16-14)6-5-11(15)7-10-13/h7,10,12H,4-6,8-9H2,1-3H3. The van der Waals surface area contributed by atoms with Crippen molar-refractivity contribution in [2.75, 3.05) is 0 Å². The molecule has 2 aliphatic rings. The zero-order valence-electron chi connectivity index (χ0n) is 10.6. The van der Waals surface area contributed by atoms with Crippen LogP contribution in [0.1, 0.15) is 52.9 Å². The first-order valence-corrected chi connectivity index (χ1v) is 6.31. The Kier molecular flexibility index (Phi) is 2.95. The lowest BCUT2D eigenvalue weighted by Crippen LogP contribution is -2.12. The average Bonchev–Trinajstić information content (AvgIpc) is 2.82. The van der Waals surface area contributed by atoms with Crippen molar-refractivity contribution in [3.05, 3.63) is 12.2 Å². The van der Waals surface area contributed by atoms with Gasteiger partial charge in [0.2, 0.25) is 0 Å². The van der Waals surface area contributed by atoms with Crippen LogP contribution < -0.4 is 0 Å². The Bertz CT molecular complexity index is 317. The molecule has 0 radical (unpaired) electrons. The van der Waals surface area contributed by atoms with Gasteiger partial charge in [-0.05, 0) is 44.1 Å². The molecule has 1 aliphatic heterocycles. The summed E-state index contributed by atoms with van der Waals surface area (Å²) in [4.78, 5) is 11.6. The molecule has 0 aromatic carbocycles. The second-order valence-electron chi connectivity index (χ2n) is 6.10. The van der Waals surface area contributed by atoms with Crippen LogP contribution >= 0.6 is 0 Å². The zero-order valence-corrected chi connectivity index (χ0v) is 10.6. The Balaban J connectivity index is 2.04. The first kappa shape index (κ1) is 11.8. The van der Waals surface area contributed by atoms with Crippen LogP contribution in [0.25, 0.3) is 0 Å². The zero-order chi connectivity index (χ0) is 11.8. The maximum atomic E-state index is 11.6. The van der Waals surface area contributed by atoms with Crippen molar-refractivity contribution in [1.82, 2.24) is 0 Å². The summed E-state index contributed by atoms with van der Waals surface area (Å²) in [6, 6.07) is 0. The van der Waals surface area contributed by atoms with Gasteiger partial charge in [-0.1, -0.05) is 19.9 Å². The third kappa shape index (κ3) is 2.73. The van der Waals surface area contributed by atoms with E-state index in [0.29, 0.717) is 12.5 Å². The Morgan fingerprint density at radius 3 is 2.81 bits per heavy atom. The molecule has 0 N–H and O–H groups in total. The number of carbonyl (C=O) groups is 1. The van der Waals surface area contributed by atoms with Crippen LogP contribution in [0.4, 0.5) is 0 Å². The van der Waals surface area contributed by atoms with Crippen molar-refractivity contribution >= 4 is 5.78 Å². The number of hydrogen-bond donors (Lipinski definition) is 0. The van der Waals surface area contributed by atoms with Crippen molar-refractivity contribution in [2.45, 2.75) is 64.6 Å². The first-order valence-electron chi connectivity index (χ1n) is 6.31. The predicted molar refractivity (Wildman–Crippen MR) is 64.3 cm³/mol. The first-order chi connectivity index (χ1) is 7.41. The number of ketones is 1. The second-order valence-corrected chi connectivity index (χ2v) is 6.10. The molecule has 0 saturated carbocycles. The fourth-order valence-corrected chi connectivity index (χ4v) is 2.53. The highest BCUT2D eigenvalue weighted by molar-refractivity contribution is 5.89. The summed E-state index contributed by atoms with van der Waals surface area (Å²) in [5.41, 5.74) is 0.210. The molecular weight excluding hydrogens is 200 g/mol. The quantitative estimate of drug-likeness (QED) is 0.589. The van der Waals surface area contributed by atoms with E-state index in [9.17, 15) is 4.79 Å². The summed E-state index contributed by atoms with van der Waals surface area (Å²) < 4.78 is 5.72. The summed E-state index contributed by atoms with van der Waals surface area (Å²) in [6.07, 6.45) is 9.13. The third-order valence-corrected chi connectivity index (χ3v) is 3.90. The second kappa shape index (κ2) is 3.99. The van der Waals surface area contributed by atoms with Crippen LogP contribution in [0.2, 0.25) is 0 Å². The van der Waals surface area contributed by atoms with Crippen LogP contribution in [0.3, 0.4) is 0 Å². The van der Waals surface area contributed by atoms with Crippen LogP contribution in [-0.2, 0) is 9.53 Å². The number of allylic oxidation sites excluding steroid dienone is 2. The fraction of sp³-hybridized carbons (Fsp3) is 0.786. The number of carbonyl (C=O) groups excluding carboxylic acids is 1. The van der Waals surface area contributed by atoms with E-state index in [1.54, 1.807) is 6.08 Å². The lowest BCUT2D eigenvalue weighted by molar-refractivity contribution is -0.114. The van der Waals surface area contributed by atoms with Gasteiger partial charge in [0.15, 0.2) is 5.78 Å². The molecule has 0 bridgehead atoms. The summed E-state index contributed by atoms with van der Waals surface area (Å²) in [6.45, 7) is 6.57. The van der Waals surface area contributed by atoms with Crippen LogP contribution in [0, 0.1) is 5.41 Å². The van der Waals surface area contributed by atoms with Gasteiger partial charge < -0.3 is 4.74 Å². The average molecular weight is 222 g/mol. The number of hydrogen-bond acceptors (Lipinski definition) is 2. The molecule has 2 nitrogen and oxygen atoms in total. The van der Waals surface area contributed by atoms with Gasteiger partial charge in [0.05, 0.1) is 11.7 Å². The molecule has 2 unspecified atom stereocenters. The van der Waals surface area contributed by atoms with Gasteiger partial charge in [0.1, 0.15) is 0 Å². The van der Waals surface area contributed by atoms with Gasteiger partial charge in [-0.2, -0.15) is 0 Å². The maximum Gasteiger partial charge on any atom is 0.155 e. The summed E-state index contributed by atoms with van der Waals surface area (Å²) in [5.74, 6) is 0.243. The highest BCUT2D eigenvalue weighted by atomic mass is 16.6. The van der Waals surface area contributed by atoms with Crippen LogP contribution in [0.15, 0.2) is 12.2 Å². The van der Waals surface area contributed by atoms with E-state index in [2.05, 4.69) is 26.8 Å². The van der Waals surface area contributed by atoms with Crippen molar-refractivity contribution < 1.29 is 9.53 Å². The van der Waals surface area contributed by atoms with Gasteiger partial charge in [0.25, 0.3) is 0 Å². The topological polar surface area (TPSA) is 29.6 Å². The van der Waals surface area contributed by atoms with Gasteiger partial charge in [-0.25, -0.2) is 0 Å². The largest absolute Gasteiger partial charge is 0.366 e. The van der Waals surface area contributed by atoms with Crippen molar-refractivity contribution in [1.29, 1.82) is 0 Å². The molecule has 0 spiro atoms. The SMILES string of the molecule is CC1(C)C=CC(=O)CCC2OC2(C)CCC1. The molecule has 16 heavy (non-hydrogen) atoms. The Labute approximate surface area is 98.1 Å². The molecule has 1 aliphatic carbocycles. The monoisotopic (exact) mass is 222 g/mol. The van der Waals surface area contributed by atoms with E-state index in [1.165, 1.54) is 6.42 Å². The molecule has 2 atom stereocenters. The third-order valence-electron chi connectivity index (χ3n) is 3.90. The Hall–Kier alpha value is -0.630. The van der Waals surface area contributed by atoms with Gasteiger partial charge in [0, 0.05) is 6.42 Å². The highest BCUT2D eigenvalue weighted by Gasteiger charge is 2.51. The smallest absolute Gasteiger partial charge is 0.155 e. The molecule has 2 heteroatoms. The van der Waals surface area contributed by atoms with Crippen molar-refractivity contribution in [3.8, 4) is 0 Å². The number of ether oxygens (including phenoxy) is 1. The van der Waals surface area contributed by atoms with Gasteiger partial charge >= 0.3 is 0 Å². The van der Waals surface area contributed by atoms with E-state index in [-0.39, 0.29) is 16.8 Å². The van der Waals surface area contributed by atoms with E-state index in [4.69, 9.17) is 4.74 Å². The summed E-state index contributed by atoms with van der Waals surface area (Å²) in [5, 5.41) is 0. The molecule has 0 amide bonds. The summed E-state index contributed by atoms with van der Waals surface area (Å²) in [7, 11) is 0. The highest BCUT2D eigenvalue weighted by Crippen LogP contribution is 2.44. The number of epoxide rings is 1. The van der Waals surface area contributed by atoms with Crippen LogP contribution in [0.5, 0.6) is 0 Å². The Morgan fingerprint density at radius 1 is 1.31 bits per heavy atom. The molecule has 2 rings (SSSR count). The molecule has 1 heterocycles. The molecule has 0 aromatic rings. The Morgan fingerprint density at radius 2 is 2.06 bits per heavy atom. The van der Waals surface area contributed by atoms with Gasteiger partial charge in [-0.15, -0.1) is 0 Å². The normalized spacial score (nSPS) is 38.7. The minimum atomic E-state index is 0.0701. The molecule has 1 fully saturated rings. The van der Waals surface area contributed by atoms with E-state index >= 15 is 0 Å². The molecule has 1 saturated heterocycles. The molecule has 90 valence electrons. The number of rotatable bonds is 0. The number of fused-ring (bicyclic) bond motifs is 1. The predicted octanol–water partition coefficient (Wildman–Crippen LogP) is 3.26. The van der Waals surface area contributed by atoms with E-state index in [1.807, 2.05) is 0 Å². The lowest BCUT2D eigenvalue weighted by atomic mass is 9.85. The molecular formula is C14H22O2. The lowest BCUT2D eigenvalue weighted by Gasteiger charge is -2.20. The van der Waals surface area contributed by atoms with Crippen molar-refractivity contribution in [3.63, 3.8) is 0 Å². The maximum absolute atomic E-state index is 11.6. The van der Waals surface area contributed by atoms with E-state index in [0.717, 1.165) is 19.3 Å². The van der Waals surface area contributed by atoms with Crippen molar-refractivity contribution in [2.24, 2.45) is 5.41 Å². The van der Waals surface area contributed by atoms with Gasteiger partial charge in [-0.3, -0.25) is 4.79 Å². The minimum absolute atomic E-state index is 0.0701. The summed E-state index contributed by atoms with van der Waals surface area (Å²) >= 11 is 0. The van der Waals surface area contributed by atoms with Crippen LogP contribution in [-0.4, -0.2) is 17.5 Å². The van der Waals surface area contributed by atoms with E-state index < -0.39 is 0 Å². The molecule has 0 aromatic heterocycles.